The summed E-state index contributed by atoms with van der Waals surface area (Å²) < 4.78 is 49.6. The number of nitrogens with one attached hydrogen (secondary N) is 2. The molecule has 0 spiro atoms. The zero-order chi connectivity index (χ0) is 27.9. The third kappa shape index (κ3) is 9.56. The molecule has 1 rings (SSSR count). The number of rotatable bonds is 11. The quantitative estimate of drug-likeness (QED) is 0.292. The third-order valence-electron chi connectivity index (χ3n) is 4.55. The lowest BCUT2D eigenvalue weighted by Crippen LogP contribution is -2.54. The topological polar surface area (TPSA) is 148 Å². The standard InChI is InChI=1S/C24H33FN2O8S/c1-8-11-26-21(29)16-9-10-17(25)19(13-16)36(32,33)34-14-24(7,31)20(28)18(12-15(2)3)27-22(30)35-23(4,5)6/h1,9-10,13,15,18,31H,11-12,14H2,2-7H3,(H,26,29)(H,27,30)/t18-,24?/m0/s1. The van der Waals surface area contributed by atoms with Crippen LogP contribution in [0.3, 0.4) is 0 Å². The largest absolute Gasteiger partial charge is 0.444 e. The number of amides is 2. The number of ether oxygens (including phenoxy) is 1. The minimum absolute atomic E-state index is 0.0909. The summed E-state index contributed by atoms with van der Waals surface area (Å²) in [6.45, 7) is 8.26. The molecule has 0 heterocycles. The van der Waals surface area contributed by atoms with E-state index < -0.39 is 62.5 Å². The Balaban J connectivity index is 3.09. The van der Waals surface area contributed by atoms with Crippen molar-refractivity contribution in [3.8, 4) is 12.3 Å². The zero-order valence-corrected chi connectivity index (χ0v) is 22.0. The monoisotopic (exact) mass is 528 g/mol. The van der Waals surface area contributed by atoms with Gasteiger partial charge < -0.3 is 20.5 Å². The fourth-order valence-electron chi connectivity index (χ4n) is 2.92. The van der Waals surface area contributed by atoms with Crippen LogP contribution in [-0.2, 0) is 23.8 Å². The molecule has 0 aliphatic rings. The molecule has 0 saturated heterocycles. The van der Waals surface area contributed by atoms with E-state index >= 15 is 0 Å². The predicted molar refractivity (Wildman–Crippen MR) is 129 cm³/mol. The number of carbonyl (C=O) groups is 3. The first-order valence-electron chi connectivity index (χ1n) is 11.1. The number of carbonyl (C=O) groups excluding carboxylic acids is 3. The van der Waals surface area contributed by atoms with Gasteiger partial charge in [0.1, 0.15) is 28.5 Å². The molecule has 10 nitrogen and oxygen atoms in total. The first-order chi connectivity index (χ1) is 16.4. The molecule has 1 unspecified atom stereocenters. The number of hydrogen-bond acceptors (Lipinski definition) is 8. The van der Waals surface area contributed by atoms with Crippen LogP contribution < -0.4 is 10.6 Å². The van der Waals surface area contributed by atoms with Crippen LogP contribution in [-0.4, -0.2) is 61.7 Å². The van der Waals surface area contributed by atoms with Crippen LogP contribution in [0.25, 0.3) is 0 Å². The predicted octanol–water partition coefficient (Wildman–Crippen LogP) is 2.15. The van der Waals surface area contributed by atoms with Crippen molar-refractivity contribution in [1.82, 2.24) is 10.6 Å². The second-order valence-corrected chi connectivity index (χ2v) is 11.3. The molecule has 1 aromatic rings. The van der Waals surface area contributed by atoms with Crippen LogP contribution in [0.5, 0.6) is 0 Å². The Hall–Kier alpha value is -3.01. The maximum Gasteiger partial charge on any atom is 0.408 e. The van der Waals surface area contributed by atoms with Gasteiger partial charge in [-0.1, -0.05) is 19.8 Å². The summed E-state index contributed by atoms with van der Waals surface area (Å²) in [5.74, 6) is -0.798. The Morgan fingerprint density at radius 2 is 1.81 bits per heavy atom. The molecule has 0 aromatic heterocycles. The average Bonchev–Trinajstić information content (AvgIpc) is 2.73. The van der Waals surface area contributed by atoms with Gasteiger partial charge in [0.25, 0.3) is 16.0 Å². The molecule has 2 atom stereocenters. The normalized spacial score (nSPS) is 14.3. The number of alkyl carbamates (subject to hydrolysis) is 1. The molecule has 0 saturated carbocycles. The third-order valence-corrected chi connectivity index (χ3v) is 5.83. The van der Waals surface area contributed by atoms with Crippen molar-refractivity contribution >= 4 is 27.9 Å². The molecule has 1 aromatic carbocycles. The van der Waals surface area contributed by atoms with Gasteiger partial charge in [0.15, 0.2) is 5.78 Å². The van der Waals surface area contributed by atoms with Crippen molar-refractivity contribution in [2.75, 3.05) is 13.2 Å². The van der Waals surface area contributed by atoms with Crippen LogP contribution in [0.15, 0.2) is 23.1 Å². The van der Waals surface area contributed by atoms with Crippen LogP contribution in [0, 0.1) is 24.1 Å². The van der Waals surface area contributed by atoms with Gasteiger partial charge in [0.05, 0.1) is 12.6 Å². The van der Waals surface area contributed by atoms with E-state index in [-0.39, 0.29) is 24.4 Å². The molecule has 0 bridgehead atoms. The van der Waals surface area contributed by atoms with Crippen molar-refractivity contribution in [3.05, 3.63) is 29.6 Å². The second kappa shape index (κ2) is 12.3. The van der Waals surface area contributed by atoms with E-state index in [0.29, 0.717) is 0 Å². The summed E-state index contributed by atoms with van der Waals surface area (Å²) in [4.78, 5) is 36.3. The van der Waals surface area contributed by atoms with Gasteiger partial charge in [0, 0.05) is 5.56 Å². The van der Waals surface area contributed by atoms with Gasteiger partial charge in [-0.05, 0) is 58.2 Å². The maximum atomic E-state index is 14.3. The van der Waals surface area contributed by atoms with Crippen molar-refractivity contribution in [1.29, 1.82) is 0 Å². The highest BCUT2D eigenvalue weighted by atomic mass is 32.2. The summed E-state index contributed by atoms with van der Waals surface area (Å²) in [7, 11) is -4.85. The number of aliphatic hydroxyl groups is 1. The molecule has 2 amide bonds. The Morgan fingerprint density at radius 3 is 2.33 bits per heavy atom. The van der Waals surface area contributed by atoms with Gasteiger partial charge in [0.2, 0.25) is 0 Å². The fraction of sp³-hybridized carbons (Fsp3) is 0.542. The van der Waals surface area contributed by atoms with Crippen molar-refractivity contribution < 1.29 is 41.2 Å². The molecule has 200 valence electrons. The molecule has 0 aliphatic heterocycles. The van der Waals surface area contributed by atoms with E-state index in [0.717, 1.165) is 25.1 Å². The van der Waals surface area contributed by atoms with Gasteiger partial charge in [-0.3, -0.25) is 13.8 Å². The number of hydrogen-bond donors (Lipinski definition) is 3. The summed E-state index contributed by atoms with van der Waals surface area (Å²) in [5, 5.41) is 15.4. The molecular formula is C24H33FN2O8S. The molecule has 3 N–H and O–H groups in total. The molecular weight excluding hydrogens is 495 g/mol. The van der Waals surface area contributed by atoms with Gasteiger partial charge in [-0.25, -0.2) is 9.18 Å². The fourth-order valence-corrected chi connectivity index (χ4v) is 4.01. The lowest BCUT2D eigenvalue weighted by molar-refractivity contribution is -0.141. The summed E-state index contributed by atoms with van der Waals surface area (Å²) in [6.07, 6.45) is 4.28. The number of benzene rings is 1. The van der Waals surface area contributed by atoms with Crippen molar-refractivity contribution in [2.45, 2.75) is 70.1 Å². The zero-order valence-electron chi connectivity index (χ0n) is 21.2. The highest BCUT2D eigenvalue weighted by molar-refractivity contribution is 7.86. The molecule has 0 radical (unpaired) electrons. The van der Waals surface area contributed by atoms with Gasteiger partial charge in [-0.2, -0.15) is 8.42 Å². The van der Waals surface area contributed by atoms with E-state index in [9.17, 15) is 32.3 Å². The number of ketones is 1. The van der Waals surface area contributed by atoms with Crippen LogP contribution in [0.2, 0.25) is 0 Å². The van der Waals surface area contributed by atoms with Crippen LogP contribution >= 0.6 is 0 Å². The SMILES string of the molecule is C#CCNC(=O)c1ccc(F)c(S(=O)(=O)OCC(C)(O)C(=O)[C@H](CC(C)C)NC(=O)OC(C)(C)C)c1. The van der Waals surface area contributed by atoms with Crippen molar-refractivity contribution in [2.24, 2.45) is 5.92 Å². The first kappa shape index (κ1) is 31.0. The minimum Gasteiger partial charge on any atom is -0.444 e. The molecule has 0 aliphatic carbocycles. The van der Waals surface area contributed by atoms with Crippen LogP contribution in [0.4, 0.5) is 9.18 Å². The average molecular weight is 529 g/mol. The number of halogens is 1. The summed E-state index contributed by atoms with van der Waals surface area (Å²) >= 11 is 0. The van der Waals surface area contributed by atoms with E-state index in [1.165, 1.54) is 0 Å². The molecule has 0 fully saturated rings. The Bertz CT molecular complexity index is 1120. The Kier molecular flexibility index (Phi) is 10.6. The Morgan fingerprint density at radius 1 is 1.19 bits per heavy atom. The first-order valence-corrected chi connectivity index (χ1v) is 12.5. The van der Waals surface area contributed by atoms with Crippen LogP contribution in [0.1, 0.15) is 58.3 Å². The summed E-state index contributed by atoms with van der Waals surface area (Å²) in [6, 6.07) is 1.34. The van der Waals surface area contributed by atoms with E-state index in [1.54, 1.807) is 34.6 Å². The second-order valence-electron chi connectivity index (χ2n) is 9.71. The lowest BCUT2D eigenvalue weighted by Gasteiger charge is -2.29. The highest BCUT2D eigenvalue weighted by Gasteiger charge is 2.39. The summed E-state index contributed by atoms with van der Waals surface area (Å²) in [5.41, 5.74) is -3.43. The number of terminal acetylenes is 1. The minimum atomic E-state index is -4.85. The molecule has 12 heteroatoms. The number of Topliss-reactive ketones (excluding diaryl/α,β-unsaturated/α-hetero) is 1. The smallest absolute Gasteiger partial charge is 0.408 e. The Labute approximate surface area is 211 Å². The molecule has 36 heavy (non-hydrogen) atoms. The lowest BCUT2D eigenvalue weighted by atomic mass is 9.90. The van der Waals surface area contributed by atoms with E-state index in [1.807, 2.05) is 0 Å². The van der Waals surface area contributed by atoms with Gasteiger partial charge >= 0.3 is 6.09 Å². The van der Waals surface area contributed by atoms with E-state index in [2.05, 4.69) is 16.6 Å². The maximum absolute atomic E-state index is 14.3. The van der Waals surface area contributed by atoms with Crippen molar-refractivity contribution in [3.63, 3.8) is 0 Å². The van der Waals surface area contributed by atoms with Gasteiger partial charge in [-0.15, -0.1) is 6.42 Å². The highest BCUT2D eigenvalue weighted by Crippen LogP contribution is 2.22. The van der Waals surface area contributed by atoms with E-state index in [4.69, 9.17) is 15.3 Å².